The lowest BCUT2D eigenvalue weighted by Gasteiger charge is -2.10. The van der Waals surface area contributed by atoms with Crippen molar-refractivity contribution in [1.29, 1.82) is 0 Å². The van der Waals surface area contributed by atoms with Crippen molar-refractivity contribution in [2.24, 2.45) is 0 Å². The van der Waals surface area contributed by atoms with Crippen LogP contribution in [-0.4, -0.2) is 62.1 Å². The van der Waals surface area contributed by atoms with Gasteiger partial charge in [0.1, 0.15) is 5.00 Å². The molecule has 0 amide bonds. The SMILES string of the molecule is CN1C=C(c2cnc3c(Nc4cc(C5CCNC5)ns4)nc(CCCO)cn23)CN1. The van der Waals surface area contributed by atoms with Gasteiger partial charge in [-0.05, 0) is 43.4 Å². The van der Waals surface area contributed by atoms with Crippen LogP contribution in [0.15, 0.2) is 24.7 Å². The molecule has 3 aromatic rings. The van der Waals surface area contributed by atoms with Crippen LogP contribution in [0.3, 0.4) is 0 Å². The Morgan fingerprint density at radius 2 is 2.33 bits per heavy atom. The maximum atomic E-state index is 9.27. The molecule has 1 unspecified atom stereocenters. The third kappa shape index (κ3) is 3.79. The van der Waals surface area contributed by atoms with E-state index in [0.717, 1.165) is 59.6 Å². The van der Waals surface area contributed by atoms with E-state index in [2.05, 4.69) is 42.1 Å². The highest BCUT2D eigenvalue weighted by atomic mass is 32.1. The van der Waals surface area contributed by atoms with Crippen molar-refractivity contribution >= 4 is 33.6 Å². The summed E-state index contributed by atoms with van der Waals surface area (Å²) >= 11 is 1.46. The van der Waals surface area contributed by atoms with Gasteiger partial charge in [0.25, 0.3) is 0 Å². The second kappa shape index (κ2) is 8.31. The van der Waals surface area contributed by atoms with E-state index in [9.17, 15) is 5.11 Å². The van der Waals surface area contributed by atoms with E-state index >= 15 is 0 Å². The molecule has 0 spiro atoms. The van der Waals surface area contributed by atoms with Crippen LogP contribution in [-0.2, 0) is 6.42 Å². The van der Waals surface area contributed by atoms with Crippen molar-refractivity contribution in [3.05, 3.63) is 41.7 Å². The van der Waals surface area contributed by atoms with Gasteiger partial charge in [-0.15, -0.1) is 0 Å². The quantitative estimate of drug-likeness (QED) is 0.453. The highest BCUT2D eigenvalue weighted by Gasteiger charge is 2.21. The van der Waals surface area contributed by atoms with Crippen LogP contribution < -0.4 is 16.1 Å². The zero-order valence-corrected chi connectivity index (χ0v) is 17.7. The normalized spacial score (nSPS) is 19.1. The molecule has 1 saturated heterocycles. The summed E-state index contributed by atoms with van der Waals surface area (Å²) in [6.45, 7) is 2.95. The zero-order valence-electron chi connectivity index (χ0n) is 16.9. The molecule has 2 aliphatic heterocycles. The van der Waals surface area contributed by atoms with E-state index < -0.39 is 0 Å². The van der Waals surface area contributed by atoms with Gasteiger partial charge in [0.15, 0.2) is 11.5 Å². The minimum Gasteiger partial charge on any atom is -0.396 e. The number of rotatable bonds is 7. The van der Waals surface area contributed by atoms with Crippen molar-refractivity contribution in [3.63, 3.8) is 0 Å². The lowest BCUT2D eigenvalue weighted by atomic mass is 10.1. The Kier molecular flexibility index (Phi) is 5.38. The maximum Gasteiger partial charge on any atom is 0.180 e. The molecule has 5 rings (SSSR count). The largest absolute Gasteiger partial charge is 0.396 e. The van der Waals surface area contributed by atoms with Crippen molar-refractivity contribution < 1.29 is 5.11 Å². The maximum absolute atomic E-state index is 9.27. The van der Waals surface area contributed by atoms with Gasteiger partial charge in [0.2, 0.25) is 0 Å². The summed E-state index contributed by atoms with van der Waals surface area (Å²) < 4.78 is 6.75. The molecule has 10 heteroatoms. The third-order valence-electron chi connectivity index (χ3n) is 5.58. The molecular weight excluding hydrogens is 400 g/mol. The summed E-state index contributed by atoms with van der Waals surface area (Å²) in [6, 6.07) is 2.13. The monoisotopic (exact) mass is 426 g/mol. The van der Waals surface area contributed by atoms with E-state index in [4.69, 9.17) is 4.98 Å². The number of aliphatic hydroxyl groups excluding tert-OH is 1. The van der Waals surface area contributed by atoms with Gasteiger partial charge in [0.05, 0.1) is 23.3 Å². The Balaban J connectivity index is 1.50. The number of nitrogens with zero attached hydrogens (tertiary/aromatic N) is 5. The van der Waals surface area contributed by atoms with Crippen LogP contribution in [0.2, 0.25) is 0 Å². The van der Waals surface area contributed by atoms with Gasteiger partial charge < -0.3 is 20.7 Å². The second-order valence-electron chi connectivity index (χ2n) is 7.78. The molecule has 0 aliphatic carbocycles. The first kappa shape index (κ1) is 19.4. The predicted molar refractivity (Wildman–Crippen MR) is 118 cm³/mol. The summed E-state index contributed by atoms with van der Waals surface area (Å²) in [7, 11) is 1.98. The van der Waals surface area contributed by atoms with Crippen molar-refractivity contribution in [2.45, 2.75) is 25.2 Å². The third-order valence-corrected chi connectivity index (χ3v) is 6.30. The number of nitrogens with one attached hydrogen (secondary N) is 3. The fourth-order valence-corrected chi connectivity index (χ4v) is 4.72. The van der Waals surface area contributed by atoms with Gasteiger partial charge in [-0.2, -0.15) is 4.37 Å². The van der Waals surface area contributed by atoms with Crippen LogP contribution in [0.5, 0.6) is 0 Å². The van der Waals surface area contributed by atoms with Gasteiger partial charge in [-0.25, -0.2) is 15.4 Å². The molecule has 158 valence electrons. The predicted octanol–water partition coefficient (Wildman–Crippen LogP) is 1.72. The number of anilines is 2. The molecule has 0 aromatic carbocycles. The van der Waals surface area contributed by atoms with Crippen LogP contribution in [0.4, 0.5) is 10.8 Å². The van der Waals surface area contributed by atoms with E-state index in [1.165, 1.54) is 17.1 Å². The van der Waals surface area contributed by atoms with Gasteiger partial charge in [0, 0.05) is 50.6 Å². The summed E-state index contributed by atoms with van der Waals surface area (Å²) in [5.74, 6) is 1.20. The summed E-state index contributed by atoms with van der Waals surface area (Å²) in [4.78, 5) is 9.48. The lowest BCUT2D eigenvalue weighted by molar-refractivity contribution is 0.288. The Morgan fingerprint density at radius 1 is 1.40 bits per heavy atom. The first-order valence-corrected chi connectivity index (χ1v) is 11.1. The van der Waals surface area contributed by atoms with Crippen molar-refractivity contribution in [1.82, 2.24) is 34.5 Å². The average molecular weight is 427 g/mol. The van der Waals surface area contributed by atoms with Crippen LogP contribution >= 0.6 is 11.5 Å². The Labute approximate surface area is 179 Å². The summed E-state index contributed by atoms with van der Waals surface area (Å²) in [5.41, 5.74) is 8.33. The van der Waals surface area contributed by atoms with Crippen LogP contribution in [0.1, 0.15) is 35.8 Å². The number of aryl methyl sites for hydroxylation is 1. The van der Waals surface area contributed by atoms with E-state index in [-0.39, 0.29) is 6.61 Å². The Bertz CT molecular complexity index is 1070. The number of aromatic nitrogens is 4. The molecule has 1 atom stereocenters. The number of hydrogen-bond donors (Lipinski definition) is 4. The minimum absolute atomic E-state index is 0.146. The number of fused-ring (bicyclic) bond motifs is 1. The molecule has 5 heterocycles. The van der Waals surface area contributed by atoms with Crippen molar-refractivity contribution in [2.75, 3.05) is 38.6 Å². The molecule has 0 radical (unpaired) electrons. The fraction of sp³-hybridized carbons (Fsp3) is 0.450. The van der Waals surface area contributed by atoms with Gasteiger partial charge in [-0.1, -0.05) is 0 Å². The van der Waals surface area contributed by atoms with E-state index in [1.807, 2.05) is 24.5 Å². The summed E-state index contributed by atoms with van der Waals surface area (Å²) in [5, 5.41) is 19.0. The molecule has 2 aliphatic rings. The topological polar surface area (TPSA) is 103 Å². The molecule has 4 N–H and O–H groups in total. The highest BCUT2D eigenvalue weighted by molar-refractivity contribution is 7.10. The average Bonchev–Trinajstić information content (AvgIpc) is 3.52. The standard InChI is InChI=1S/C20H26N8OS/c1-27-11-14(9-23-27)17-10-22-20-19(24-15(3-2-6-29)12-28(17)20)25-18-7-16(26-30-18)13-4-5-21-8-13/h7,10-13,21,23,29H,2-6,8-9H2,1H3,(H,24,25). The Hall–Kier alpha value is -2.53. The number of hydrazine groups is 1. The van der Waals surface area contributed by atoms with E-state index in [1.54, 1.807) is 0 Å². The molecule has 1 fully saturated rings. The number of hydrogen-bond acceptors (Lipinski definition) is 9. The molecule has 0 bridgehead atoms. The van der Waals surface area contributed by atoms with Crippen LogP contribution in [0, 0.1) is 0 Å². The van der Waals surface area contributed by atoms with Crippen molar-refractivity contribution in [3.8, 4) is 0 Å². The Morgan fingerprint density at radius 3 is 3.10 bits per heavy atom. The van der Waals surface area contributed by atoms with Gasteiger partial charge in [-0.3, -0.25) is 4.40 Å². The fourth-order valence-electron chi connectivity index (χ4n) is 4.00. The minimum atomic E-state index is 0.146. The lowest BCUT2D eigenvalue weighted by Crippen LogP contribution is -2.23. The smallest absolute Gasteiger partial charge is 0.180 e. The molecule has 9 nitrogen and oxygen atoms in total. The number of imidazole rings is 1. The first-order chi connectivity index (χ1) is 14.7. The van der Waals surface area contributed by atoms with E-state index in [0.29, 0.717) is 18.8 Å². The molecular formula is C20H26N8OS. The molecule has 0 saturated carbocycles. The summed E-state index contributed by atoms with van der Waals surface area (Å²) in [6.07, 6.45) is 8.51. The highest BCUT2D eigenvalue weighted by Crippen LogP contribution is 2.30. The second-order valence-corrected chi connectivity index (χ2v) is 8.58. The molecule has 3 aromatic heterocycles. The number of aliphatic hydroxyl groups is 1. The van der Waals surface area contributed by atoms with Gasteiger partial charge >= 0.3 is 0 Å². The first-order valence-electron chi connectivity index (χ1n) is 10.3. The molecule has 30 heavy (non-hydrogen) atoms. The zero-order chi connectivity index (χ0) is 20.5. The van der Waals surface area contributed by atoms with Crippen LogP contribution in [0.25, 0.3) is 11.2 Å².